The van der Waals surface area contributed by atoms with Gasteiger partial charge >= 0.3 is 0 Å². The number of hydrogen-bond acceptors (Lipinski definition) is 3. The molecule has 0 aromatic heterocycles. The lowest BCUT2D eigenvalue weighted by atomic mass is 10.0. The molecule has 2 N–H and O–H groups in total. The van der Waals surface area contributed by atoms with E-state index < -0.39 is 0 Å². The predicted molar refractivity (Wildman–Crippen MR) is 72.3 cm³/mol. The number of benzene rings is 1. The lowest BCUT2D eigenvalue weighted by Gasteiger charge is -2.24. The first-order valence-electron chi connectivity index (χ1n) is 6.17. The fourth-order valence-electron chi connectivity index (χ4n) is 1.92. The molecule has 0 saturated carbocycles. The van der Waals surface area contributed by atoms with Crippen molar-refractivity contribution >= 4 is 0 Å². The van der Waals surface area contributed by atoms with Crippen LogP contribution in [0.25, 0.3) is 0 Å². The van der Waals surface area contributed by atoms with Crippen molar-refractivity contribution in [1.29, 1.82) is 0 Å². The van der Waals surface area contributed by atoms with Crippen molar-refractivity contribution in [3.05, 3.63) is 29.8 Å². The van der Waals surface area contributed by atoms with Gasteiger partial charge in [0.25, 0.3) is 0 Å². The molecule has 17 heavy (non-hydrogen) atoms. The van der Waals surface area contributed by atoms with Crippen LogP contribution in [0.3, 0.4) is 0 Å². The molecule has 0 aliphatic heterocycles. The number of nitrogens with zero attached hydrogens (tertiary/aromatic N) is 1. The second kappa shape index (κ2) is 6.62. The molecule has 0 radical (unpaired) electrons. The highest BCUT2D eigenvalue weighted by atomic mass is 16.5. The quantitative estimate of drug-likeness (QED) is 0.824. The molecule has 1 aromatic carbocycles. The van der Waals surface area contributed by atoms with Gasteiger partial charge in [0.2, 0.25) is 0 Å². The Labute approximate surface area is 105 Å². The van der Waals surface area contributed by atoms with Crippen molar-refractivity contribution in [2.24, 2.45) is 5.73 Å². The van der Waals surface area contributed by atoms with Crippen LogP contribution in [0.2, 0.25) is 0 Å². The fourth-order valence-corrected chi connectivity index (χ4v) is 1.92. The number of hydrogen-bond donors (Lipinski definition) is 1. The molecule has 1 rings (SSSR count). The highest BCUT2D eigenvalue weighted by Crippen LogP contribution is 2.24. The summed E-state index contributed by atoms with van der Waals surface area (Å²) in [5.41, 5.74) is 6.94. The highest BCUT2D eigenvalue weighted by molar-refractivity contribution is 5.29. The molecule has 0 saturated heterocycles. The van der Waals surface area contributed by atoms with Gasteiger partial charge in [-0.15, -0.1) is 0 Å². The Kier molecular flexibility index (Phi) is 5.45. The largest absolute Gasteiger partial charge is 0.491 e. The third-order valence-electron chi connectivity index (χ3n) is 2.70. The van der Waals surface area contributed by atoms with E-state index in [1.165, 1.54) is 5.56 Å². The van der Waals surface area contributed by atoms with E-state index in [9.17, 15) is 0 Å². The van der Waals surface area contributed by atoms with Gasteiger partial charge in [-0.05, 0) is 58.6 Å². The number of ether oxygens (including phenoxy) is 1. The number of nitrogens with two attached hydrogens (primary N) is 1. The first-order chi connectivity index (χ1) is 8.04. The average Bonchev–Trinajstić information content (AvgIpc) is 2.26. The van der Waals surface area contributed by atoms with Crippen LogP contribution < -0.4 is 10.5 Å². The van der Waals surface area contributed by atoms with Crippen LogP contribution in [0, 0.1) is 0 Å². The maximum absolute atomic E-state index is 5.65. The normalized spacial score (nSPS) is 13.1. The summed E-state index contributed by atoms with van der Waals surface area (Å²) in [4.78, 5) is 2.20. The molecular weight excluding hydrogens is 212 g/mol. The standard InChI is InChI=1S/C14H24N2O/c1-11(2)17-13-7-5-12(6-8-13)14(9-10-15)16(3)4/h5-8,11,14H,9-10,15H2,1-4H3. The third kappa shape index (κ3) is 4.36. The van der Waals surface area contributed by atoms with Crippen molar-refractivity contribution in [3.63, 3.8) is 0 Å². The summed E-state index contributed by atoms with van der Waals surface area (Å²) in [6, 6.07) is 8.69. The minimum absolute atomic E-state index is 0.217. The van der Waals surface area contributed by atoms with E-state index in [1.807, 2.05) is 26.0 Å². The Bertz CT molecular complexity index is 319. The molecule has 0 heterocycles. The molecule has 0 amide bonds. The van der Waals surface area contributed by atoms with Gasteiger partial charge in [-0.2, -0.15) is 0 Å². The van der Waals surface area contributed by atoms with Crippen molar-refractivity contribution in [2.45, 2.75) is 32.4 Å². The zero-order valence-electron chi connectivity index (χ0n) is 11.3. The van der Waals surface area contributed by atoms with Gasteiger partial charge < -0.3 is 15.4 Å². The van der Waals surface area contributed by atoms with E-state index in [-0.39, 0.29) is 6.10 Å². The Hall–Kier alpha value is -1.06. The minimum atomic E-state index is 0.217. The molecule has 1 aromatic rings. The lowest BCUT2D eigenvalue weighted by molar-refractivity contribution is 0.242. The Morgan fingerprint density at radius 2 is 1.76 bits per heavy atom. The van der Waals surface area contributed by atoms with E-state index in [2.05, 4.69) is 31.1 Å². The lowest BCUT2D eigenvalue weighted by Crippen LogP contribution is -2.22. The summed E-state index contributed by atoms with van der Waals surface area (Å²) in [6.07, 6.45) is 1.19. The van der Waals surface area contributed by atoms with Gasteiger partial charge in [0.15, 0.2) is 0 Å². The van der Waals surface area contributed by atoms with Crippen LogP contribution in [-0.2, 0) is 0 Å². The molecule has 0 spiro atoms. The second-order valence-corrected chi connectivity index (χ2v) is 4.79. The minimum Gasteiger partial charge on any atom is -0.491 e. The Morgan fingerprint density at radius 1 is 1.18 bits per heavy atom. The molecule has 1 atom stereocenters. The van der Waals surface area contributed by atoms with Crippen LogP contribution in [-0.4, -0.2) is 31.6 Å². The molecule has 0 aliphatic carbocycles. The molecular formula is C14H24N2O. The second-order valence-electron chi connectivity index (χ2n) is 4.79. The maximum Gasteiger partial charge on any atom is 0.119 e. The Morgan fingerprint density at radius 3 is 2.18 bits per heavy atom. The summed E-state index contributed by atoms with van der Waals surface area (Å²) >= 11 is 0. The van der Waals surface area contributed by atoms with Crippen molar-refractivity contribution in [2.75, 3.05) is 20.6 Å². The highest BCUT2D eigenvalue weighted by Gasteiger charge is 2.12. The van der Waals surface area contributed by atoms with Gasteiger partial charge in [0.1, 0.15) is 5.75 Å². The molecule has 0 bridgehead atoms. The first kappa shape index (κ1) is 14.0. The molecule has 1 unspecified atom stereocenters. The van der Waals surface area contributed by atoms with Crippen LogP contribution in [0.15, 0.2) is 24.3 Å². The van der Waals surface area contributed by atoms with Gasteiger partial charge in [0, 0.05) is 6.04 Å². The summed E-state index contributed by atoms with van der Waals surface area (Å²) in [7, 11) is 4.16. The van der Waals surface area contributed by atoms with Crippen LogP contribution >= 0.6 is 0 Å². The van der Waals surface area contributed by atoms with Gasteiger partial charge in [0.05, 0.1) is 6.10 Å². The van der Waals surface area contributed by atoms with E-state index in [4.69, 9.17) is 10.5 Å². The molecule has 3 nitrogen and oxygen atoms in total. The maximum atomic E-state index is 5.65. The first-order valence-corrected chi connectivity index (χ1v) is 6.17. The van der Waals surface area contributed by atoms with Crippen LogP contribution in [0.4, 0.5) is 0 Å². The summed E-state index contributed by atoms with van der Waals surface area (Å²) in [5, 5.41) is 0. The zero-order chi connectivity index (χ0) is 12.8. The van der Waals surface area contributed by atoms with E-state index in [0.29, 0.717) is 12.6 Å². The van der Waals surface area contributed by atoms with Crippen molar-refractivity contribution in [3.8, 4) is 5.75 Å². The monoisotopic (exact) mass is 236 g/mol. The van der Waals surface area contributed by atoms with E-state index >= 15 is 0 Å². The molecule has 3 heteroatoms. The fraction of sp³-hybridized carbons (Fsp3) is 0.571. The van der Waals surface area contributed by atoms with E-state index in [1.54, 1.807) is 0 Å². The Balaban J connectivity index is 2.77. The topological polar surface area (TPSA) is 38.5 Å². The van der Waals surface area contributed by atoms with Crippen molar-refractivity contribution < 1.29 is 4.74 Å². The van der Waals surface area contributed by atoms with Crippen LogP contribution in [0.5, 0.6) is 5.75 Å². The average molecular weight is 236 g/mol. The van der Waals surface area contributed by atoms with Gasteiger partial charge in [-0.3, -0.25) is 0 Å². The molecule has 0 fully saturated rings. The molecule has 96 valence electrons. The van der Waals surface area contributed by atoms with Gasteiger partial charge in [-0.25, -0.2) is 0 Å². The SMILES string of the molecule is CC(C)Oc1ccc(C(CCN)N(C)C)cc1. The molecule has 0 aliphatic rings. The summed E-state index contributed by atoms with van der Waals surface area (Å²) < 4.78 is 5.63. The van der Waals surface area contributed by atoms with Crippen LogP contribution in [0.1, 0.15) is 31.9 Å². The van der Waals surface area contributed by atoms with Gasteiger partial charge in [-0.1, -0.05) is 12.1 Å². The zero-order valence-corrected chi connectivity index (χ0v) is 11.3. The summed E-state index contributed by atoms with van der Waals surface area (Å²) in [6.45, 7) is 4.77. The van der Waals surface area contributed by atoms with E-state index in [0.717, 1.165) is 12.2 Å². The summed E-state index contributed by atoms with van der Waals surface area (Å²) in [5.74, 6) is 0.925. The predicted octanol–water partition coefficient (Wildman–Crippen LogP) is 2.43. The smallest absolute Gasteiger partial charge is 0.119 e. The van der Waals surface area contributed by atoms with Crippen molar-refractivity contribution in [1.82, 2.24) is 4.90 Å². The number of rotatable bonds is 6. The third-order valence-corrected chi connectivity index (χ3v) is 2.70.